The minimum absolute atomic E-state index is 0.976. The number of hydrogen-bond donors (Lipinski definition) is 1. The van der Waals surface area contributed by atoms with E-state index in [0.717, 1.165) is 36.1 Å². The van der Waals surface area contributed by atoms with E-state index in [2.05, 4.69) is 26.1 Å². The van der Waals surface area contributed by atoms with E-state index in [-0.39, 0.29) is 0 Å². The molecule has 0 aromatic carbocycles. The van der Waals surface area contributed by atoms with E-state index in [9.17, 15) is 0 Å². The molecule has 0 radical (unpaired) electrons. The minimum Gasteiger partial charge on any atom is -0.317 e. The Kier molecular flexibility index (Phi) is 4.90. The van der Waals surface area contributed by atoms with Crippen molar-refractivity contribution in [1.82, 2.24) is 5.32 Å². The van der Waals surface area contributed by atoms with E-state index in [1.54, 1.807) is 0 Å². The van der Waals surface area contributed by atoms with Crippen LogP contribution in [0.4, 0.5) is 0 Å². The second-order valence-electron chi connectivity index (χ2n) is 6.84. The molecule has 2 fully saturated rings. The van der Waals surface area contributed by atoms with Crippen molar-refractivity contribution in [1.29, 1.82) is 0 Å². The molecule has 0 heterocycles. The standard InChI is InChI=1S/C16H31N/c1-4-17-11-14-6-5-7-16(14)15-9-12(2)8-13(3)10-15/h12-17H,4-11H2,1-3H3. The SMILES string of the molecule is CCNCC1CCCC1C1CC(C)CC(C)C1. The van der Waals surface area contributed by atoms with Gasteiger partial charge in [-0.2, -0.15) is 0 Å². The van der Waals surface area contributed by atoms with E-state index in [4.69, 9.17) is 0 Å². The fraction of sp³-hybridized carbons (Fsp3) is 1.00. The van der Waals surface area contributed by atoms with Gasteiger partial charge in [0.1, 0.15) is 0 Å². The first-order valence-electron chi connectivity index (χ1n) is 7.91. The topological polar surface area (TPSA) is 12.0 Å². The highest BCUT2D eigenvalue weighted by Gasteiger charge is 2.36. The lowest BCUT2D eigenvalue weighted by atomic mass is 9.69. The Hall–Kier alpha value is -0.0400. The van der Waals surface area contributed by atoms with E-state index >= 15 is 0 Å². The van der Waals surface area contributed by atoms with Crippen molar-refractivity contribution in [2.75, 3.05) is 13.1 Å². The lowest BCUT2D eigenvalue weighted by molar-refractivity contribution is 0.134. The van der Waals surface area contributed by atoms with Crippen LogP contribution in [0.1, 0.15) is 59.3 Å². The van der Waals surface area contributed by atoms with Crippen molar-refractivity contribution in [3.63, 3.8) is 0 Å². The summed E-state index contributed by atoms with van der Waals surface area (Å²) in [6, 6.07) is 0. The molecule has 100 valence electrons. The van der Waals surface area contributed by atoms with Gasteiger partial charge in [-0.3, -0.25) is 0 Å². The molecule has 0 spiro atoms. The Bertz CT molecular complexity index is 216. The molecular formula is C16H31N. The van der Waals surface area contributed by atoms with Gasteiger partial charge < -0.3 is 5.32 Å². The van der Waals surface area contributed by atoms with Gasteiger partial charge in [0.05, 0.1) is 0 Å². The first-order chi connectivity index (χ1) is 8.20. The van der Waals surface area contributed by atoms with Crippen LogP contribution in [0.25, 0.3) is 0 Å². The van der Waals surface area contributed by atoms with Crippen LogP contribution in [0.2, 0.25) is 0 Å². The van der Waals surface area contributed by atoms with Crippen molar-refractivity contribution in [2.45, 2.75) is 59.3 Å². The maximum absolute atomic E-state index is 3.58. The Morgan fingerprint density at radius 2 is 1.71 bits per heavy atom. The molecule has 2 aliphatic carbocycles. The van der Waals surface area contributed by atoms with Gasteiger partial charge in [-0.05, 0) is 74.8 Å². The Balaban J connectivity index is 1.90. The third kappa shape index (κ3) is 3.47. The summed E-state index contributed by atoms with van der Waals surface area (Å²) in [4.78, 5) is 0. The number of rotatable bonds is 4. The van der Waals surface area contributed by atoms with E-state index < -0.39 is 0 Å². The minimum atomic E-state index is 0.976. The van der Waals surface area contributed by atoms with Gasteiger partial charge in [0, 0.05) is 0 Å². The van der Waals surface area contributed by atoms with Crippen molar-refractivity contribution in [2.24, 2.45) is 29.6 Å². The maximum Gasteiger partial charge on any atom is -0.00179 e. The van der Waals surface area contributed by atoms with Gasteiger partial charge in [0.2, 0.25) is 0 Å². The summed E-state index contributed by atoms with van der Waals surface area (Å²) in [7, 11) is 0. The van der Waals surface area contributed by atoms with Gasteiger partial charge in [0.25, 0.3) is 0 Å². The lowest BCUT2D eigenvalue weighted by Gasteiger charge is -2.37. The molecule has 0 amide bonds. The van der Waals surface area contributed by atoms with Gasteiger partial charge in [-0.25, -0.2) is 0 Å². The zero-order valence-electron chi connectivity index (χ0n) is 12.0. The van der Waals surface area contributed by atoms with Crippen molar-refractivity contribution in [3.8, 4) is 0 Å². The molecule has 1 nitrogen and oxygen atoms in total. The fourth-order valence-corrected chi connectivity index (χ4v) is 4.63. The zero-order valence-corrected chi connectivity index (χ0v) is 12.0. The van der Waals surface area contributed by atoms with Crippen molar-refractivity contribution >= 4 is 0 Å². The average Bonchev–Trinajstić information content (AvgIpc) is 2.73. The van der Waals surface area contributed by atoms with Crippen molar-refractivity contribution in [3.05, 3.63) is 0 Å². The molecule has 0 aromatic heterocycles. The van der Waals surface area contributed by atoms with Crippen LogP contribution < -0.4 is 5.32 Å². The van der Waals surface area contributed by atoms with Crippen LogP contribution in [-0.2, 0) is 0 Å². The van der Waals surface area contributed by atoms with Crippen LogP contribution in [0.15, 0.2) is 0 Å². The Morgan fingerprint density at radius 1 is 1.00 bits per heavy atom. The predicted octanol–water partition coefficient (Wildman–Crippen LogP) is 4.08. The van der Waals surface area contributed by atoms with Gasteiger partial charge in [-0.15, -0.1) is 0 Å². The number of hydrogen-bond acceptors (Lipinski definition) is 1. The monoisotopic (exact) mass is 237 g/mol. The summed E-state index contributed by atoms with van der Waals surface area (Å²) in [5, 5.41) is 3.58. The maximum atomic E-state index is 3.58. The highest BCUT2D eigenvalue weighted by molar-refractivity contribution is 4.87. The fourth-order valence-electron chi connectivity index (χ4n) is 4.63. The summed E-state index contributed by atoms with van der Waals surface area (Å²) in [6.45, 7) is 9.59. The molecule has 17 heavy (non-hydrogen) atoms. The molecule has 0 aromatic rings. The Labute approximate surface area is 108 Å². The molecule has 0 saturated heterocycles. The van der Waals surface area contributed by atoms with E-state index in [1.807, 2.05) is 0 Å². The zero-order chi connectivity index (χ0) is 12.3. The van der Waals surface area contributed by atoms with E-state index in [1.165, 1.54) is 45.1 Å². The first kappa shape index (κ1) is 13.4. The number of nitrogens with one attached hydrogen (secondary N) is 1. The lowest BCUT2D eigenvalue weighted by Crippen LogP contribution is -2.32. The molecule has 4 atom stereocenters. The molecule has 0 aliphatic heterocycles. The van der Waals surface area contributed by atoms with Gasteiger partial charge >= 0.3 is 0 Å². The quantitative estimate of drug-likeness (QED) is 0.776. The molecular weight excluding hydrogens is 206 g/mol. The normalized spacial score (nSPS) is 42.9. The van der Waals surface area contributed by atoms with Gasteiger partial charge in [0.15, 0.2) is 0 Å². The third-order valence-electron chi connectivity index (χ3n) is 5.19. The summed E-state index contributed by atoms with van der Waals surface area (Å²) in [5.41, 5.74) is 0. The van der Waals surface area contributed by atoms with Crippen LogP contribution in [0.5, 0.6) is 0 Å². The summed E-state index contributed by atoms with van der Waals surface area (Å²) in [6.07, 6.45) is 8.98. The molecule has 0 bridgehead atoms. The third-order valence-corrected chi connectivity index (χ3v) is 5.19. The summed E-state index contributed by atoms with van der Waals surface area (Å²) < 4.78 is 0. The predicted molar refractivity (Wildman–Crippen MR) is 75.0 cm³/mol. The molecule has 2 rings (SSSR count). The molecule has 2 saturated carbocycles. The largest absolute Gasteiger partial charge is 0.317 e. The smallest absolute Gasteiger partial charge is 0.00179 e. The van der Waals surface area contributed by atoms with Gasteiger partial charge in [-0.1, -0.05) is 27.2 Å². The summed E-state index contributed by atoms with van der Waals surface area (Å²) in [5.74, 6) is 5.02. The van der Waals surface area contributed by atoms with Crippen LogP contribution in [0, 0.1) is 29.6 Å². The summed E-state index contributed by atoms with van der Waals surface area (Å²) >= 11 is 0. The highest BCUT2D eigenvalue weighted by atomic mass is 14.8. The molecule has 1 N–H and O–H groups in total. The van der Waals surface area contributed by atoms with Crippen LogP contribution in [0.3, 0.4) is 0 Å². The molecule has 2 aliphatic rings. The average molecular weight is 237 g/mol. The van der Waals surface area contributed by atoms with E-state index in [0.29, 0.717) is 0 Å². The molecule has 4 unspecified atom stereocenters. The second kappa shape index (κ2) is 6.22. The Morgan fingerprint density at radius 3 is 2.35 bits per heavy atom. The first-order valence-corrected chi connectivity index (χ1v) is 7.91. The van der Waals surface area contributed by atoms with Crippen LogP contribution in [-0.4, -0.2) is 13.1 Å². The highest BCUT2D eigenvalue weighted by Crippen LogP contribution is 2.45. The second-order valence-corrected chi connectivity index (χ2v) is 6.84. The van der Waals surface area contributed by atoms with Crippen LogP contribution >= 0.6 is 0 Å². The molecule has 1 heteroatoms. The van der Waals surface area contributed by atoms with Crippen molar-refractivity contribution < 1.29 is 0 Å².